The average Bonchev–Trinajstić information content (AvgIpc) is 1.06. The standard InChI is InChI=1S/C69H77NO19/c1-36-47(86-64(81)57(77)56(39-17-11-8-12-18-39)70-62(79)40-19-13-9-14-20-40)34-69(82)61(88-63(80)41-21-15-10-16-22-41)59-67(7,60(78)58(84-37(2)71)55(36)65(69,4)5)50(32-51-68(59,35-83-51)89-38(3)72)87-53(76)30-29-52(75)85-48-33-66(6)46(27-28-49(66)74)45-25-23-42-31-43(73)24-26-44(42)54(45)48/h8-22,24,26,31,45-51,54,56-59,61,73-74,77,82H,23,25,27-30,32-35H2,1-7H3,(H,70,79)/t45-,46-,47-,48+,49-,50-,51+,54+,56-,57+,58+,59-,61-,66-,67+,68-,69+/m0/s1. The van der Waals surface area contributed by atoms with Crippen molar-refractivity contribution in [2.24, 2.45) is 34.0 Å². The molecule has 1 heterocycles. The molecule has 6 aliphatic carbocycles. The topological polar surface area (TPSA) is 294 Å². The Balaban J connectivity index is 0.960. The highest BCUT2D eigenvalue weighted by Crippen LogP contribution is 2.66. The molecule has 7 aliphatic rings. The summed E-state index contributed by atoms with van der Waals surface area (Å²) in [7, 11) is 0. The minimum Gasteiger partial charge on any atom is -0.508 e. The number of Topliss-reactive ketones (excluding diaryl/α,β-unsaturated/α-hetero) is 1. The molecular formula is C69H77NO19. The Morgan fingerprint density at radius 3 is 2.02 bits per heavy atom. The highest BCUT2D eigenvalue weighted by molar-refractivity contribution is 5.97. The maximum Gasteiger partial charge on any atom is 0.338 e. The minimum atomic E-state index is -2.56. The number of aryl methyl sites for hydroxylation is 1. The van der Waals surface area contributed by atoms with Crippen LogP contribution in [0.5, 0.6) is 5.75 Å². The molecule has 2 bridgehead atoms. The van der Waals surface area contributed by atoms with Gasteiger partial charge in [-0.25, -0.2) is 9.59 Å². The number of benzene rings is 4. The molecule has 20 nitrogen and oxygen atoms in total. The normalized spacial score (nSPS) is 33.6. The van der Waals surface area contributed by atoms with E-state index in [1.54, 1.807) is 91.0 Å². The van der Waals surface area contributed by atoms with Crippen LogP contribution in [0.1, 0.15) is 149 Å². The highest BCUT2D eigenvalue weighted by atomic mass is 16.6. The third-order valence-electron chi connectivity index (χ3n) is 21.1. The highest BCUT2D eigenvalue weighted by Gasteiger charge is 2.79. The van der Waals surface area contributed by atoms with Gasteiger partial charge in [0.2, 0.25) is 0 Å². The van der Waals surface area contributed by atoms with Crippen LogP contribution in [0.4, 0.5) is 0 Å². The first-order valence-electron chi connectivity index (χ1n) is 30.6. The first kappa shape index (κ1) is 62.8. The molecule has 11 rings (SSSR count). The fraction of sp³-hybridized carbons (Fsp3) is 0.507. The molecule has 4 aromatic rings. The number of ketones is 1. The second-order valence-electron chi connectivity index (χ2n) is 26.4. The molecule has 0 aromatic heterocycles. The third kappa shape index (κ3) is 10.9. The molecule has 5 N–H and O–H groups in total. The van der Waals surface area contributed by atoms with Crippen LogP contribution in [0.3, 0.4) is 0 Å². The largest absolute Gasteiger partial charge is 0.508 e. The van der Waals surface area contributed by atoms with Gasteiger partial charge in [-0.1, -0.05) is 93.6 Å². The molecule has 1 aliphatic heterocycles. The average molecular weight is 1220 g/mol. The lowest BCUT2D eigenvalue weighted by molar-refractivity contribution is -0.346. The van der Waals surface area contributed by atoms with E-state index in [4.69, 9.17) is 33.2 Å². The number of phenolic OH excluding ortho intramolecular Hbond substituents is 1. The van der Waals surface area contributed by atoms with Gasteiger partial charge in [-0.3, -0.25) is 28.8 Å². The summed E-state index contributed by atoms with van der Waals surface area (Å²) in [5.41, 5.74) is -6.68. The summed E-state index contributed by atoms with van der Waals surface area (Å²) in [6.07, 6.45) is -10.6. The number of aliphatic hydroxyl groups is 3. The van der Waals surface area contributed by atoms with E-state index >= 15 is 4.79 Å². The van der Waals surface area contributed by atoms with Gasteiger partial charge in [0.1, 0.15) is 41.9 Å². The number of amides is 1. The summed E-state index contributed by atoms with van der Waals surface area (Å²) >= 11 is 0. The molecule has 89 heavy (non-hydrogen) atoms. The summed E-state index contributed by atoms with van der Waals surface area (Å²) in [5, 5.41) is 50.9. The molecule has 472 valence electrons. The number of carbonyl (C=O) groups is 8. The van der Waals surface area contributed by atoms with E-state index in [1.807, 2.05) is 13.0 Å². The Labute approximate surface area is 515 Å². The van der Waals surface area contributed by atoms with Crippen molar-refractivity contribution in [1.82, 2.24) is 5.32 Å². The predicted molar refractivity (Wildman–Crippen MR) is 315 cm³/mol. The lowest BCUT2D eigenvalue weighted by Crippen LogP contribution is -2.82. The summed E-state index contributed by atoms with van der Waals surface area (Å²) < 4.78 is 44.2. The molecule has 0 radical (unpaired) electrons. The zero-order chi connectivity index (χ0) is 63.7. The summed E-state index contributed by atoms with van der Waals surface area (Å²) in [6, 6.07) is 27.8. The molecule has 1 amide bonds. The Bertz CT molecular complexity index is 3480. The van der Waals surface area contributed by atoms with Gasteiger partial charge in [0, 0.05) is 49.0 Å². The number of aliphatic hydroxyl groups excluding tert-OH is 2. The fourth-order valence-electron chi connectivity index (χ4n) is 16.7. The lowest BCUT2D eigenvalue weighted by Gasteiger charge is -2.67. The smallest absolute Gasteiger partial charge is 0.338 e. The predicted octanol–water partition coefficient (Wildman–Crippen LogP) is 7.21. The number of hydrogen-bond donors (Lipinski definition) is 5. The van der Waals surface area contributed by atoms with Crippen LogP contribution in [-0.2, 0) is 68.3 Å². The van der Waals surface area contributed by atoms with Gasteiger partial charge in [-0.2, -0.15) is 0 Å². The molecule has 0 unspecified atom stereocenters. The molecule has 0 spiro atoms. The Kier molecular flexibility index (Phi) is 16.8. The number of rotatable bonds is 15. The number of ether oxygens (including phenoxy) is 7. The number of aromatic hydroxyl groups is 1. The molecule has 1 saturated heterocycles. The molecule has 5 fully saturated rings. The summed E-state index contributed by atoms with van der Waals surface area (Å²) in [6.45, 7) is 9.75. The van der Waals surface area contributed by atoms with Crippen molar-refractivity contribution in [2.45, 2.75) is 178 Å². The Morgan fingerprint density at radius 1 is 0.753 bits per heavy atom. The van der Waals surface area contributed by atoms with Crippen molar-refractivity contribution in [3.8, 4) is 5.75 Å². The van der Waals surface area contributed by atoms with Crippen molar-refractivity contribution >= 4 is 47.5 Å². The van der Waals surface area contributed by atoms with Gasteiger partial charge in [-0.15, -0.1) is 0 Å². The number of hydrogen-bond acceptors (Lipinski definition) is 19. The van der Waals surface area contributed by atoms with Gasteiger partial charge >= 0.3 is 35.8 Å². The van der Waals surface area contributed by atoms with E-state index in [2.05, 4.69) is 5.32 Å². The van der Waals surface area contributed by atoms with E-state index in [0.717, 1.165) is 37.8 Å². The number of fused-ring (bicyclic) bond motifs is 10. The molecular weight excluding hydrogens is 1150 g/mol. The van der Waals surface area contributed by atoms with Crippen LogP contribution in [0, 0.1) is 34.0 Å². The second kappa shape index (κ2) is 23.9. The van der Waals surface area contributed by atoms with Gasteiger partial charge in [0.15, 0.2) is 23.6 Å². The van der Waals surface area contributed by atoms with E-state index in [-0.39, 0.29) is 52.2 Å². The first-order valence-corrected chi connectivity index (χ1v) is 30.6. The summed E-state index contributed by atoms with van der Waals surface area (Å²) in [5.74, 6) is -9.05. The van der Waals surface area contributed by atoms with Gasteiger partial charge < -0.3 is 58.9 Å². The van der Waals surface area contributed by atoms with Crippen LogP contribution >= 0.6 is 0 Å². The van der Waals surface area contributed by atoms with E-state index in [0.29, 0.717) is 24.8 Å². The number of carbonyl (C=O) groups excluding carboxylic acids is 8. The van der Waals surface area contributed by atoms with Crippen LogP contribution in [-0.4, -0.2) is 135 Å². The zero-order valence-corrected chi connectivity index (χ0v) is 50.9. The van der Waals surface area contributed by atoms with Crippen molar-refractivity contribution in [1.29, 1.82) is 0 Å². The van der Waals surface area contributed by atoms with Crippen molar-refractivity contribution < 1.29 is 91.9 Å². The van der Waals surface area contributed by atoms with Crippen LogP contribution in [0.25, 0.3) is 0 Å². The van der Waals surface area contributed by atoms with E-state index in [9.17, 15) is 54.0 Å². The summed E-state index contributed by atoms with van der Waals surface area (Å²) in [4.78, 5) is 116. The molecule has 20 heteroatoms. The lowest BCUT2D eigenvalue weighted by atomic mass is 9.44. The second-order valence-corrected chi connectivity index (χ2v) is 26.4. The Hall–Kier alpha value is -7.78. The van der Waals surface area contributed by atoms with Crippen LogP contribution in [0.15, 0.2) is 120 Å². The van der Waals surface area contributed by atoms with Crippen molar-refractivity contribution in [2.75, 3.05) is 6.61 Å². The van der Waals surface area contributed by atoms with Crippen molar-refractivity contribution in [3.63, 3.8) is 0 Å². The van der Waals surface area contributed by atoms with E-state index < -0.39 is 162 Å². The first-order chi connectivity index (χ1) is 42.2. The van der Waals surface area contributed by atoms with E-state index in [1.165, 1.54) is 39.8 Å². The maximum absolute atomic E-state index is 16.6. The maximum atomic E-state index is 16.6. The SMILES string of the molecule is CC(=O)O[C@H]1C(=O)[C@]2(C)[C@@H](OC(=O)CCC(=O)O[C@@H]3C[C@]4(C)[C@@H](O)CC[C@H]4[C@@H]4CCc5cc(O)ccc5[C@H]43)C[C@H]3OC[C@@]3(OC(C)=O)[C@H]2[C@H](OC(=O)c2ccccc2)[C@]2(O)C[C@H](OC(=O)[C@H](O)[C@@H](NC(=O)c3ccccc3)c3ccccc3)C(C)=C1C2(C)C. The quantitative estimate of drug-likeness (QED) is 0.0446. The number of nitrogens with one attached hydrogen (secondary N) is 1. The monoisotopic (exact) mass is 1220 g/mol. The van der Waals surface area contributed by atoms with Crippen LogP contribution in [0.2, 0.25) is 0 Å². The van der Waals surface area contributed by atoms with Crippen molar-refractivity contribution in [3.05, 3.63) is 148 Å². The molecule has 4 aromatic carbocycles. The van der Waals surface area contributed by atoms with Crippen LogP contribution < -0.4 is 5.32 Å². The molecule has 17 atom stereocenters. The molecule has 4 saturated carbocycles. The van der Waals surface area contributed by atoms with Gasteiger partial charge in [0.25, 0.3) is 5.91 Å². The third-order valence-corrected chi connectivity index (χ3v) is 21.1. The van der Waals surface area contributed by atoms with Gasteiger partial charge in [-0.05, 0) is 122 Å². The van der Waals surface area contributed by atoms with Gasteiger partial charge in [0.05, 0.1) is 48.5 Å². The minimum absolute atomic E-state index is 0.00199. The Morgan fingerprint density at radius 2 is 1.39 bits per heavy atom. The number of phenols is 1. The number of esters is 6. The zero-order valence-electron chi connectivity index (χ0n) is 50.9. The fourth-order valence-corrected chi connectivity index (χ4v) is 16.7.